The molecule has 1 aliphatic rings. The number of amides is 1. The highest BCUT2D eigenvalue weighted by Crippen LogP contribution is 2.25. The van der Waals surface area contributed by atoms with Crippen LogP contribution in [-0.2, 0) is 4.79 Å². The van der Waals surface area contributed by atoms with Crippen molar-refractivity contribution < 1.29 is 9.72 Å². The highest BCUT2D eigenvalue weighted by Gasteiger charge is 2.20. The van der Waals surface area contributed by atoms with Crippen molar-refractivity contribution in [2.75, 3.05) is 42.9 Å². The number of nitrogens with one attached hydrogen (secondary N) is 1. The third-order valence-electron chi connectivity index (χ3n) is 4.64. The van der Waals surface area contributed by atoms with E-state index in [4.69, 9.17) is 0 Å². The topological polar surface area (TPSA) is 78.7 Å². The van der Waals surface area contributed by atoms with Crippen molar-refractivity contribution >= 4 is 23.0 Å². The van der Waals surface area contributed by atoms with Gasteiger partial charge in [0.05, 0.1) is 22.7 Å². The van der Waals surface area contributed by atoms with Crippen LogP contribution in [0.5, 0.6) is 0 Å². The molecule has 2 aromatic rings. The fraction of sp³-hybridized carbons (Fsp3) is 0.316. The average Bonchev–Trinajstić information content (AvgIpc) is 2.64. The Kier molecular flexibility index (Phi) is 5.48. The number of para-hydroxylation sites is 1. The summed E-state index contributed by atoms with van der Waals surface area (Å²) in [5, 5.41) is 13.8. The number of benzene rings is 2. The number of hydrogen-bond donors (Lipinski definition) is 1. The second-order valence-electron chi connectivity index (χ2n) is 6.35. The first kappa shape index (κ1) is 17.9. The maximum atomic E-state index is 12.3. The van der Waals surface area contributed by atoms with Gasteiger partial charge in [0.2, 0.25) is 5.91 Å². The Balaban J connectivity index is 1.54. The van der Waals surface area contributed by atoms with E-state index in [9.17, 15) is 14.9 Å². The van der Waals surface area contributed by atoms with Crippen LogP contribution in [0.3, 0.4) is 0 Å². The highest BCUT2D eigenvalue weighted by atomic mass is 16.6. The summed E-state index contributed by atoms with van der Waals surface area (Å²) in [7, 11) is 0. The van der Waals surface area contributed by atoms with Crippen molar-refractivity contribution in [1.29, 1.82) is 0 Å². The molecule has 1 N–H and O–H groups in total. The first-order valence-electron chi connectivity index (χ1n) is 8.61. The van der Waals surface area contributed by atoms with Gasteiger partial charge in [-0.2, -0.15) is 0 Å². The molecule has 1 fully saturated rings. The third-order valence-corrected chi connectivity index (χ3v) is 4.64. The van der Waals surface area contributed by atoms with Gasteiger partial charge >= 0.3 is 0 Å². The minimum atomic E-state index is -0.437. The molecule has 1 aliphatic heterocycles. The smallest absolute Gasteiger partial charge is 0.274 e. The fourth-order valence-electron chi connectivity index (χ4n) is 3.15. The van der Waals surface area contributed by atoms with Gasteiger partial charge in [-0.1, -0.05) is 24.3 Å². The monoisotopic (exact) mass is 354 g/mol. The number of nitro benzene ring substituents is 1. The van der Waals surface area contributed by atoms with Crippen LogP contribution in [0.25, 0.3) is 0 Å². The van der Waals surface area contributed by atoms with E-state index in [2.05, 4.69) is 27.2 Å². The van der Waals surface area contributed by atoms with E-state index in [1.165, 1.54) is 11.8 Å². The fourth-order valence-corrected chi connectivity index (χ4v) is 3.15. The predicted molar refractivity (Wildman–Crippen MR) is 102 cm³/mol. The Morgan fingerprint density at radius 3 is 2.42 bits per heavy atom. The van der Waals surface area contributed by atoms with Gasteiger partial charge in [-0.05, 0) is 25.1 Å². The number of rotatable bonds is 5. The van der Waals surface area contributed by atoms with E-state index in [0.717, 1.165) is 26.2 Å². The standard InChI is InChI=1S/C19H22N4O3/c1-15-17(8-5-9-18(15)23(25)26)20-19(24)14-21-10-12-22(13-11-21)16-6-3-2-4-7-16/h2-9H,10-14H2,1H3,(H,20,24). The number of carbonyl (C=O) groups excluding carboxylic acids is 1. The van der Waals surface area contributed by atoms with Gasteiger partial charge in [-0.15, -0.1) is 0 Å². The Morgan fingerprint density at radius 1 is 1.08 bits per heavy atom. The van der Waals surface area contributed by atoms with E-state index in [1.54, 1.807) is 19.1 Å². The van der Waals surface area contributed by atoms with Crippen LogP contribution in [0.15, 0.2) is 48.5 Å². The SMILES string of the molecule is Cc1c(NC(=O)CN2CCN(c3ccccc3)CC2)cccc1[N+](=O)[O-]. The summed E-state index contributed by atoms with van der Waals surface area (Å²) >= 11 is 0. The number of nitro groups is 1. The Hall–Kier alpha value is -2.93. The van der Waals surface area contributed by atoms with E-state index in [1.807, 2.05) is 18.2 Å². The van der Waals surface area contributed by atoms with E-state index < -0.39 is 4.92 Å². The van der Waals surface area contributed by atoms with Crippen molar-refractivity contribution in [2.45, 2.75) is 6.92 Å². The van der Waals surface area contributed by atoms with E-state index in [-0.39, 0.29) is 18.1 Å². The molecular weight excluding hydrogens is 332 g/mol. The van der Waals surface area contributed by atoms with Crippen molar-refractivity contribution in [3.05, 3.63) is 64.2 Å². The molecule has 0 radical (unpaired) electrons. The lowest BCUT2D eigenvalue weighted by Gasteiger charge is -2.35. The van der Waals surface area contributed by atoms with Crippen LogP contribution in [0.2, 0.25) is 0 Å². The number of anilines is 2. The lowest BCUT2D eigenvalue weighted by atomic mass is 10.1. The van der Waals surface area contributed by atoms with Crippen LogP contribution in [0.4, 0.5) is 17.1 Å². The maximum absolute atomic E-state index is 12.3. The molecule has 1 saturated heterocycles. The summed E-state index contributed by atoms with van der Waals surface area (Å²) in [5.74, 6) is -0.151. The molecule has 26 heavy (non-hydrogen) atoms. The summed E-state index contributed by atoms with van der Waals surface area (Å²) in [4.78, 5) is 27.3. The van der Waals surface area contributed by atoms with Crippen molar-refractivity contribution in [3.8, 4) is 0 Å². The Labute approximate surface area is 152 Å². The summed E-state index contributed by atoms with van der Waals surface area (Å²) in [6.07, 6.45) is 0. The Bertz CT molecular complexity index is 787. The molecule has 1 amide bonds. The predicted octanol–water partition coefficient (Wildman–Crippen LogP) is 2.66. The molecule has 0 aromatic heterocycles. The van der Waals surface area contributed by atoms with E-state index >= 15 is 0 Å². The van der Waals surface area contributed by atoms with Gasteiger partial charge in [0.15, 0.2) is 0 Å². The molecule has 0 atom stereocenters. The minimum absolute atomic E-state index is 0.0132. The first-order chi connectivity index (χ1) is 12.5. The highest BCUT2D eigenvalue weighted by molar-refractivity contribution is 5.93. The molecule has 0 bridgehead atoms. The summed E-state index contributed by atoms with van der Waals surface area (Å²) in [6, 6.07) is 14.9. The minimum Gasteiger partial charge on any atom is -0.369 e. The van der Waals surface area contributed by atoms with E-state index in [0.29, 0.717) is 11.3 Å². The van der Waals surface area contributed by atoms with Crippen LogP contribution >= 0.6 is 0 Å². The molecule has 7 heteroatoms. The maximum Gasteiger partial charge on any atom is 0.274 e. The normalized spacial score (nSPS) is 14.9. The van der Waals surface area contributed by atoms with Crippen LogP contribution in [-0.4, -0.2) is 48.5 Å². The van der Waals surface area contributed by atoms with Crippen molar-refractivity contribution in [2.24, 2.45) is 0 Å². The zero-order valence-electron chi connectivity index (χ0n) is 14.7. The number of piperazine rings is 1. The van der Waals surface area contributed by atoms with Crippen molar-refractivity contribution in [1.82, 2.24) is 4.90 Å². The van der Waals surface area contributed by atoms with Gasteiger partial charge in [-0.3, -0.25) is 19.8 Å². The second-order valence-corrected chi connectivity index (χ2v) is 6.35. The molecule has 0 unspecified atom stereocenters. The van der Waals surface area contributed by atoms with Crippen LogP contribution in [0, 0.1) is 17.0 Å². The average molecular weight is 354 g/mol. The molecule has 136 valence electrons. The van der Waals surface area contributed by atoms with Gasteiger partial charge in [0.25, 0.3) is 5.69 Å². The molecule has 1 heterocycles. The molecule has 3 rings (SSSR count). The summed E-state index contributed by atoms with van der Waals surface area (Å²) in [6.45, 7) is 5.27. The molecule has 7 nitrogen and oxygen atoms in total. The quantitative estimate of drug-likeness (QED) is 0.660. The second kappa shape index (κ2) is 7.97. The molecule has 0 aliphatic carbocycles. The molecule has 0 spiro atoms. The van der Waals surface area contributed by atoms with Crippen molar-refractivity contribution in [3.63, 3.8) is 0 Å². The van der Waals surface area contributed by atoms with Crippen LogP contribution < -0.4 is 10.2 Å². The zero-order valence-corrected chi connectivity index (χ0v) is 14.7. The largest absolute Gasteiger partial charge is 0.369 e. The summed E-state index contributed by atoms with van der Waals surface area (Å²) in [5.41, 5.74) is 2.18. The van der Waals surface area contributed by atoms with Crippen LogP contribution in [0.1, 0.15) is 5.56 Å². The number of carbonyl (C=O) groups is 1. The number of hydrogen-bond acceptors (Lipinski definition) is 5. The zero-order chi connectivity index (χ0) is 18.5. The number of nitrogens with zero attached hydrogens (tertiary/aromatic N) is 3. The molecular formula is C19H22N4O3. The lowest BCUT2D eigenvalue weighted by Crippen LogP contribution is -2.48. The van der Waals surface area contributed by atoms with Gasteiger partial charge in [-0.25, -0.2) is 0 Å². The van der Waals surface area contributed by atoms with Gasteiger partial charge in [0.1, 0.15) is 0 Å². The van der Waals surface area contributed by atoms with Gasteiger partial charge < -0.3 is 10.2 Å². The van der Waals surface area contributed by atoms with Gasteiger partial charge in [0, 0.05) is 37.9 Å². The summed E-state index contributed by atoms with van der Waals surface area (Å²) < 4.78 is 0. The lowest BCUT2D eigenvalue weighted by molar-refractivity contribution is -0.385. The first-order valence-corrected chi connectivity index (χ1v) is 8.61. The third kappa shape index (κ3) is 4.18. The molecule has 2 aromatic carbocycles. The molecule has 0 saturated carbocycles. The Morgan fingerprint density at radius 2 is 1.77 bits per heavy atom.